The van der Waals surface area contributed by atoms with Crippen LogP contribution in [0.25, 0.3) is 0 Å². The second kappa shape index (κ2) is 11.4. The van der Waals surface area contributed by atoms with Crippen LogP contribution in [0.1, 0.15) is 49.5 Å². The first-order chi connectivity index (χ1) is 12.9. The van der Waals surface area contributed by atoms with Gasteiger partial charge in [0, 0.05) is 12.8 Å². The minimum atomic E-state index is -3.56. The molecule has 146 valence electrons. The Hall–Kier alpha value is -2.27. The number of hydrogen-bond acceptors (Lipinski definition) is 4. The summed E-state index contributed by atoms with van der Waals surface area (Å²) >= 11 is 0. The predicted octanol–water partition coefficient (Wildman–Crippen LogP) is 4.72. The topological polar surface area (TPSA) is 68.3 Å². The summed E-state index contributed by atoms with van der Waals surface area (Å²) in [4.78, 5) is 20.9. The third-order valence-electron chi connectivity index (χ3n) is 4.40. The van der Waals surface area contributed by atoms with Gasteiger partial charge in [0.05, 0.1) is 10.1 Å². The summed E-state index contributed by atoms with van der Waals surface area (Å²) in [5.41, 5.74) is 1.63. The van der Waals surface area contributed by atoms with Crippen molar-refractivity contribution in [3.63, 3.8) is 0 Å². The maximum absolute atomic E-state index is 12.7. The summed E-state index contributed by atoms with van der Waals surface area (Å²) in [6.07, 6.45) is 3.42. The highest BCUT2D eigenvalue weighted by molar-refractivity contribution is 7.91. The quantitative estimate of drug-likeness (QED) is 0.614. The van der Waals surface area contributed by atoms with E-state index in [-0.39, 0.29) is 11.3 Å². The number of carbonyl (C=O) groups is 2. The van der Waals surface area contributed by atoms with Crippen molar-refractivity contribution in [1.82, 2.24) is 0 Å². The summed E-state index contributed by atoms with van der Waals surface area (Å²) in [6, 6.07) is 15.5. The lowest BCUT2D eigenvalue weighted by Gasteiger charge is -2.16. The van der Waals surface area contributed by atoms with Gasteiger partial charge in [-0.1, -0.05) is 68.3 Å². The molecule has 0 spiro atoms. The number of carbonyl (C=O) groups excluding carboxylic acids is 2. The number of aryl methyl sites for hydroxylation is 1. The minimum absolute atomic E-state index is 0.0414. The fourth-order valence-electron chi connectivity index (χ4n) is 2.42. The van der Waals surface area contributed by atoms with Crippen LogP contribution in [-0.2, 0) is 19.4 Å². The molecule has 2 aromatic rings. The zero-order valence-corrected chi connectivity index (χ0v) is 17.0. The molecule has 0 saturated heterocycles. The van der Waals surface area contributed by atoms with Crippen molar-refractivity contribution in [3.05, 3.63) is 65.7 Å². The maximum Gasteiger partial charge on any atom is 0.185 e. The summed E-state index contributed by atoms with van der Waals surface area (Å²) in [6.45, 7) is 6.07. The molecule has 0 heterocycles. The molecular weight excluding hydrogens is 360 g/mol. The van der Waals surface area contributed by atoms with E-state index in [0.717, 1.165) is 24.7 Å². The molecule has 0 saturated carbocycles. The molecule has 2 aromatic carbocycles. The Bertz CT molecular complexity index is 796. The highest BCUT2D eigenvalue weighted by Crippen LogP contribution is 2.31. The average Bonchev–Trinajstić information content (AvgIpc) is 2.67. The number of sulfone groups is 1. The van der Waals surface area contributed by atoms with Gasteiger partial charge in [-0.3, -0.25) is 0 Å². The van der Waals surface area contributed by atoms with Crippen LogP contribution in [0, 0.1) is 12.8 Å². The third kappa shape index (κ3) is 7.10. The average molecular weight is 389 g/mol. The Morgan fingerprint density at radius 2 is 1.44 bits per heavy atom. The lowest BCUT2D eigenvalue weighted by atomic mass is 10.1. The zero-order valence-electron chi connectivity index (χ0n) is 16.2. The Morgan fingerprint density at radius 1 is 0.889 bits per heavy atom. The minimum Gasteiger partial charge on any atom is -0.303 e. The van der Waals surface area contributed by atoms with Gasteiger partial charge in [-0.05, 0) is 30.5 Å². The maximum atomic E-state index is 12.7. The van der Waals surface area contributed by atoms with Gasteiger partial charge in [0.25, 0.3) is 0 Å². The first-order valence-electron chi connectivity index (χ1n) is 9.09. The Balaban J connectivity index is 0.000000445. The van der Waals surface area contributed by atoms with E-state index in [9.17, 15) is 18.0 Å². The second-order valence-electron chi connectivity index (χ2n) is 6.58. The number of aldehydes is 2. The molecule has 2 rings (SSSR count). The Labute approximate surface area is 162 Å². The van der Waals surface area contributed by atoms with E-state index >= 15 is 0 Å². The summed E-state index contributed by atoms with van der Waals surface area (Å²) < 4.78 is 25.4. The molecule has 0 aliphatic carbocycles. The summed E-state index contributed by atoms with van der Waals surface area (Å²) in [5.74, 6) is 0.581. The van der Waals surface area contributed by atoms with Crippen molar-refractivity contribution in [2.24, 2.45) is 5.92 Å². The van der Waals surface area contributed by atoms with Crippen LogP contribution in [0.3, 0.4) is 0 Å². The SMILES string of the molecule is CCC(C)CC=O.Cc1ccc(S(=O)(=O)C(CC=O)c2ccccc2)cc1. The van der Waals surface area contributed by atoms with Gasteiger partial charge >= 0.3 is 0 Å². The molecule has 0 bridgehead atoms. The predicted molar refractivity (Wildman–Crippen MR) is 108 cm³/mol. The first-order valence-corrected chi connectivity index (χ1v) is 10.6. The molecule has 0 aliphatic rings. The molecule has 0 amide bonds. The number of rotatable bonds is 8. The van der Waals surface area contributed by atoms with Gasteiger partial charge in [0.1, 0.15) is 12.6 Å². The molecule has 2 unspecified atom stereocenters. The van der Waals surface area contributed by atoms with Crippen molar-refractivity contribution in [3.8, 4) is 0 Å². The standard InChI is InChI=1S/C16H16O3S.C6H12O/c1-13-7-9-15(10-8-13)20(18,19)16(11-12-17)14-5-3-2-4-6-14;1-3-6(2)4-5-7/h2-10,12,16H,11H2,1H3;5-6H,3-4H2,1-2H3. The molecule has 0 radical (unpaired) electrons. The van der Waals surface area contributed by atoms with Gasteiger partial charge in [-0.2, -0.15) is 0 Å². The summed E-state index contributed by atoms with van der Waals surface area (Å²) in [7, 11) is -3.56. The van der Waals surface area contributed by atoms with Crippen LogP contribution >= 0.6 is 0 Å². The molecule has 4 nitrogen and oxygen atoms in total. The number of benzene rings is 2. The highest BCUT2D eigenvalue weighted by Gasteiger charge is 2.28. The molecule has 0 aliphatic heterocycles. The van der Waals surface area contributed by atoms with Crippen molar-refractivity contribution in [2.45, 2.75) is 50.2 Å². The third-order valence-corrected chi connectivity index (χ3v) is 6.54. The molecule has 27 heavy (non-hydrogen) atoms. The highest BCUT2D eigenvalue weighted by atomic mass is 32.2. The second-order valence-corrected chi connectivity index (χ2v) is 8.71. The Morgan fingerprint density at radius 3 is 1.89 bits per heavy atom. The first kappa shape index (κ1) is 22.8. The zero-order chi connectivity index (χ0) is 20.3. The van der Waals surface area contributed by atoms with Crippen LogP contribution < -0.4 is 0 Å². The van der Waals surface area contributed by atoms with Crippen LogP contribution in [0.15, 0.2) is 59.5 Å². The van der Waals surface area contributed by atoms with Gasteiger partial charge in [-0.25, -0.2) is 8.42 Å². The lowest BCUT2D eigenvalue weighted by Crippen LogP contribution is -2.14. The van der Waals surface area contributed by atoms with Gasteiger partial charge in [-0.15, -0.1) is 0 Å². The largest absolute Gasteiger partial charge is 0.303 e. The van der Waals surface area contributed by atoms with Gasteiger partial charge in [0.2, 0.25) is 0 Å². The van der Waals surface area contributed by atoms with Crippen molar-refractivity contribution in [1.29, 1.82) is 0 Å². The van der Waals surface area contributed by atoms with Gasteiger partial charge < -0.3 is 9.59 Å². The molecule has 0 N–H and O–H groups in total. The normalized spacial score (nSPS) is 13.0. The van der Waals surface area contributed by atoms with E-state index in [0.29, 0.717) is 17.8 Å². The van der Waals surface area contributed by atoms with Crippen LogP contribution in [0.4, 0.5) is 0 Å². The Kier molecular flexibility index (Phi) is 9.65. The smallest absolute Gasteiger partial charge is 0.185 e. The molecule has 5 heteroatoms. The monoisotopic (exact) mass is 388 g/mol. The lowest BCUT2D eigenvalue weighted by molar-refractivity contribution is -0.109. The molecule has 0 fully saturated rings. The van der Waals surface area contributed by atoms with Crippen LogP contribution in [0.5, 0.6) is 0 Å². The molecular formula is C22H28O4S. The number of hydrogen-bond donors (Lipinski definition) is 0. The van der Waals surface area contributed by atoms with E-state index < -0.39 is 15.1 Å². The molecule has 2 atom stereocenters. The van der Waals surface area contributed by atoms with E-state index in [1.165, 1.54) is 0 Å². The van der Waals surface area contributed by atoms with Crippen molar-refractivity contribution in [2.75, 3.05) is 0 Å². The fraction of sp³-hybridized carbons (Fsp3) is 0.364. The van der Waals surface area contributed by atoms with E-state index in [2.05, 4.69) is 13.8 Å². The van der Waals surface area contributed by atoms with E-state index in [4.69, 9.17) is 0 Å². The van der Waals surface area contributed by atoms with Gasteiger partial charge in [0.15, 0.2) is 9.84 Å². The van der Waals surface area contributed by atoms with Crippen LogP contribution in [-0.4, -0.2) is 21.0 Å². The van der Waals surface area contributed by atoms with Crippen molar-refractivity contribution >= 4 is 22.4 Å². The van der Waals surface area contributed by atoms with Crippen molar-refractivity contribution < 1.29 is 18.0 Å². The fourth-order valence-corrected chi connectivity index (χ4v) is 4.11. The van der Waals surface area contributed by atoms with Crippen LogP contribution in [0.2, 0.25) is 0 Å². The molecule has 0 aromatic heterocycles. The van der Waals surface area contributed by atoms with E-state index in [1.807, 2.05) is 13.0 Å². The summed E-state index contributed by atoms with van der Waals surface area (Å²) in [5, 5.41) is -0.830. The van der Waals surface area contributed by atoms with E-state index in [1.54, 1.807) is 48.5 Å².